The van der Waals surface area contributed by atoms with Gasteiger partial charge >= 0.3 is 0 Å². The van der Waals surface area contributed by atoms with Gasteiger partial charge in [0.05, 0.1) is 11.5 Å². The summed E-state index contributed by atoms with van der Waals surface area (Å²) < 4.78 is 33.4. The van der Waals surface area contributed by atoms with E-state index in [1.807, 2.05) is 6.92 Å². The molecule has 0 aliphatic heterocycles. The number of benzene rings is 3. The normalized spacial score (nSPS) is 11.6. The summed E-state index contributed by atoms with van der Waals surface area (Å²) in [6, 6.07) is 13.1. The number of hydrogen-bond donors (Lipinski definition) is 2. The first kappa shape index (κ1) is 22.0. The van der Waals surface area contributed by atoms with Gasteiger partial charge in [0, 0.05) is 11.3 Å². The first-order valence-corrected chi connectivity index (χ1v) is 9.60. The van der Waals surface area contributed by atoms with Crippen molar-refractivity contribution in [2.24, 2.45) is 5.73 Å². The second kappa shape index (κ2) is 8.95. The summed E-state index contributed by atoms with van der Waals surface area (Å²) in [5, 5.41) is 2.70. The molecule has 0 saturated carbocycles. The maximum atomic E-state index is 14.1. The highest BCUT2D eigenvalue weighted by molar-refractivity contribution is 6.06. The van der Waals surface area contributed by atoms with Crippen LogP contribution in [0.15, 0.2) is 54.6 Å². The van der Waals surface area contributed by atoms with Crippen molar-refractivity contribution < 1.29 is 23.1 Å². The van der Waals surface area contributed by atoms with E-state index >= 15 is 0 Å². The highest BCUT2D eigenvalue weighted by atomic mass is 19.1. The van der Waals surface area contributed by atoms with Crippen molar-refractivity contribution in [3.63, 3.8) is 0 Å². The van der Waals surface area contributed by atoms with Gasteiger partial charge in [0.15, 0.2) is 0 Å². The molecule has 0 saturated heterocycles. The zero-order chi connectivity index (χ0) is 22.7. The van der Waals surface area contributed by atoms with Crippen LogP contribution >= 0.6 is 0 Å². The Morgan fingerprint density at radius 1 is 0.968 bits per heavy atom. The number of nitrogens with one attached hydrogen (secondary N) is 1. The summed E-state index contributed by atoms with van der Waals surface area (Å²) in [4.78, 5) is 24.4. The van der Waals surface area contributed by atoms with Gasteiger partial charge in [-0.05, 0) is 74.9 Å². The Bertz CT molecular complexity index is 1160. The van der Waals surface area contributed by atoms with Crippen LogP contribution in [0, 0.1) is 25.5 Å². The zero-order valence-corrected chi connectivity index (χ0v) is 17.3. The molecule has 3 N–H and O–H groups in total. The summed E-state index contributed by atoms with van der Waals surface area (Å²) in [5.74, 6) is -2.28. The van der Waals surface area contributed by atoms with Crippen molar-refractivity contribution in [3.05, 3.63) is 88.5 Å². The molecule has 3 aromatic rings. The molecular weight excluding hydrogens is 402 g/mol. The fraction of sp³-hybridized carbons (Fsp3) is 0.167. The second-order valence-corrected chi connectivity index (χ2v) is 7.33. The molecular formula is C24H22F2N2O3. The third kappa shape index (κ3) is 5.06. The molecule has 0 aromatic heterocycles. The maximum Gasteiger partial charge on any atom is 0.259 e. The minimum absolute atomic E-state index is 0.0907. The van der Waals surface area contributed by atoms with E-state index in [0.717, 1.165) is 5.56 Å². The molecule has 7 heteroatoms. The van der Waals surface area contributed by atoms with Gasteiger partial charge in [-0.2, -0.15) is 0 Å². The van der Waals surface area contributed by atoms with E-state index in [-0.39, 0.29) is 22.7 Å². The minimum Gasteiger partial charge on any atom is -0.456 e. The van der Waals surface area contributed by atoms with Gasteiger partial charge in [-0.1, -0.05) is 11.6 Å². The van der Waals surface area contributed by atoms with E-state index < -0.39 is 23.5 Å². The van der Waals surface area contributed by atoms with Crippen molar-refractivity contribution in [3.8, 4) is 11.5 Å². The van der Waals surface area contributed by atoms with E-state index in [4.69, 9.17) is 10.5 Å². The van der Waals surface area contributed by atoms with Crippen molar-refractivity contribution in [1.29, 1.82) is 0 Å². The highest BCUT2D eigenvalue weighted by Gasteiger charge is 2.19. The summed E-state index contributed by atoms with van der Waals surface area (Å²) in [6.45, 7) is 5.02. The zero-order valence-electron chi connectivity index (χ0n) is 17.3. The largest absolute Gasteiger partial charge is 0.456 e. The summed E-state index contributed by atoms with van der Waals surface area (Å²) in [7, 11) is 0. The molecule has 0 aliphatic rings. The number of rotatable bonds is 6. The van der Waals surface area contributed by atoms with Crippen molar-refractivity contribution >= 4 is 17.5 Å². The lowest BCUT2D eigenvalue weighted by Crippen LogP contribution is -2.20. The summed E-state index contributed by atoms with van der Waals surface area (Å²) >= 11 is 0. The molecule has 1 unspecified atom stereocenters. The lowest BCUT2D eigenvalue weighted by atomic mass is 9.99. The Morgan fingerprint density at radius 2 is 1.68 bits per heavy atom. The quantitative estimate of drug-likeness (QED) is 0.570. The van der Waals surface area contributed by atoms with E-state index in [1.54, 1.807) is 25.1 Å². The number of amides is 2. The summed E-state index contributed by atoms with van der Waals surface area (Å²) in [6.07, 6.45) is 0. The molecule has 0 radical (unpaired) electrons. The fourth-order valence-electron chi connectivity index (χ4n) is 3.06. The lowest BCUT2D eigenvalue weighted by Gasteiger charge is -2.15. The smallest absolute Gasteiger partial charge is 0.259 e. The van der Waals surface area contributed by atoms with Crippen LogP contribution in [-0.2, 0) is 4.79 Å². The molecule has 160 valence electrons. The van der Waals surface area contributed by atoms with Crippen LogP contribution in [0.5, 0.6) is 11.5 Å². The number of halogens is 2. The number of anilines is 1. The Kier molecular flexibility index (Phi) is 6.34. The fourth-order valence-corrected chi connectivity index (χ4v) is 3.06. The van der Waals surface area contributed by atoms with Crippen molar-refractivity contribution in [1.82, 2.24) is 0 Å². The Balaban J connectivity index is 1.91. The molecule has 3 rings (SSSR count). The van der Waals surface area contributed by atoms with Gasteiger partial charge in [-0.25, -0.2) is 8.78 Å². The predicted molar refractivity (Wildman–Crippen MR) is 114 cm³/mol. The summed E-state index contributed by atoms with van der Waals surface area (Å²) in [5.41, 5.74) is 7.33. The van der Waals surface area contributed by atoms with Gasteiger partial charge in [0.2, 0.25) is 5.91 Å². The van der Waals surface area contributed by atoms with Gasteiger partial charge in [0.25, 0.3) is 5.91 Å². The number of carbonyl (C=O) groups is 2. The molecule has 0 heterocycles. The van der Waals surface area contributed by atoms with E-state index in [1.165, 1.54) is 43.3 Å². The van der Waals surface area contributed by atoms with Crippen molar-refractivity contribution in [2.75, 3.05) is 5.32 Å². The van der Waals surface area contributed by atoms with Gasteiger partial charge < -0.3 is 15.8 Å². The SMILES string of the molecule is Cc1ccc(Oc2ccc(F)cc2C)c(C(=O)Nc2ccc(F)c(C(C)C(N)=O)c2)c1. The maximum absolute atomic E-state index is 14.1. The molecule has 5 nitrogen and oxygen atoms in total. The Labute approximate surface area is 178 Å². The minimum atomic E-state index is -0.851. The highest BCUT2D eigenvalue weighted by Crippen LogP contribution is 2.30. The molecule has 3 aromatic carbocycles. The number of hydrogen-bond acceptors (Lipinski definition) is 3. The Morgan fingerprint density at radius 3 is 2.35 bits per heavy atom. The number of nitrogens with two attached hydrogens (primary N) is 1. The molecule has 0 aliphatic carbocycles. The van der Waals surface area contributed by atoms with Crippen LogP contribution < -0.4 is 15.8 Å². The van der Waals surface area contributed by atoms with Crippen LogP contribution in [0.1, 0.15) is 39.9 Å². The monoisotopic (exact) mass is 424 g/mol. The van der Waals surface area contributed by atoms with Crippen LogP contribution in [0.3, 0.4) is 0 Å². The molecule has 0 bridgehead atoms. The van der Waals surface area contributed by atoms with Crippen LogP contribution in [0.4, 0.5) is 14.5 Å². The third-order valence-corrected chi connectivity index (χ3v) is 4.88. The first-order chi connectivity index (χ1) is 14.7. The predicted octanol–water partition coefficient (Wildman–Crippen LogP) is 5.22. The average molecular weight is 424 g/mol. The Hall–Kier alpha value is -3.74. The molecule has 0 spiro atoms. The second-order valence-electron chi connectivity index (χ2n) is 7.33. The third-order valence-electron chi connectivity index (χ3n) is 4.88. The van der Waals surface area contributed by atoms with Crippen molar-refractivity contribution in [2.45, 2.75) is 26.7 Å². The molecule has 1 atom stereocenters. The van der Waals surface area contributed by atoms with E-state index in [9.17, 15) is 18.4 Å². The average Bonchev–Trinajstić information content (AvgIpc) is 2.71. The van der Waals surface area contributed by atoms with Crippen LogP contribution in [0.25, 0.3) is 0 Å². The standard InChI is InChI=1S/C24H22F2N2O3/c1-13-4-8-22(31-21-9-5-16(25)11-14(21)2)19(10-13)24(30)28-17-6-7-20(26)18(12-17)15(3)23(27)29/h4-12,15H,1-3H3,(H2,27,29)(H,28,30). The van der Waals surface area contributed by atoms with Crippen LogP contribution in [-0.4, -0.2) is 11.8 Å². The number of carbonyl (C=O) groups excluding carboxylic acids is 2. The molecule has 31 heavy (non-hydrogen) atoms. The van der Waals surface area contributed by atoms with E-state index in [2.05, 4.69) is 5.32 Å². The topological polar surface area (TPSA) is 81.4 Å². The van der Waals surface area contributed by atoms with Gasteiger partial charge in [-0.15, -0.1) is 0 Å². The van der Waals surface area contributed by atoms with Crippen LogP contribution in [0.2, 0.25) is 0 Å². The number of primary amides is 1. The van der Waals surface area contributed by atoms with E-state index in [0.29, 0.717) is 17.0 Å². The first-order valence-electron chi connectivity index (χ1n) is 9.60. The molecule has 0 fully saturated rings. The lowest BCUT2D eigenvalue weighted by molar-refractivity contribution is -0.119. The van der Waals surface area contributed by atoms with Gasteiger partial charge in [0.1, 0.15) is 23.1 Å². The number of aryl methyl sites for hydroxylation is 2. The van der Waals surface area contributed by atoms with Gasteiger partial charge in [-0.3, -0.25) is 9.59 Å². The molecule has 2 amide bonds. The number of ether oxygens (including phenoxy) is 1.